The van der Waals surface area contributed by atoms with Gasteiger partial charge >= 0.3 is 6.09 Å². The summed E-state index contributed by atoms with van der Waals surface area (Å²) >= 11 is 12.6. The predicted molar refractivity (Wildman–Crippen MR) is 155 cm³/mol. The molecule has 1 saturated heterocycles. The van der Waals surface area contributed by atoms with Gasteiger partial charge in [0.2, 0.25) is 0 Å². The van der Waals surface area contributed by atoms with E-state index in [4.69, 9.17) is 37.4 Å². The normalized spacial score (nSPS) is 14.1. The number of nitrogens with zero attached hydrogens (tertiary/aromatic N) is 2. The number of nitrogens with one attached hydrogen (secondary N) is 2. The van der Waals surface area contributed by atoms with Gasteiger partial charge in [-0.2, -0.15) is 0 Å². The molecule has 1 amide bonds. The molecule has 2 aromatic carbocycles. The highest BCUT2D eigenvalue weighted by molar-refractivity contribution is 6.35. The highest BCUT2D eigenvalue weighted by Crippen LogP contribution is 2.33. The summed E-state index contributed by atoms with van der Waals surface area (Å²) in [5.41, 5.74) is 2.46. The molecule has 0 aliphatic carbocycles. The number of amides is 1. The van der Waals surface area contributed by atoms with E-state index in [1.807, 2.05) is 57.2 Å². The van der Waals surface area contributed by atoms with Crippen molar-refractivity contribution in [3.63, 3.8) is 0 Å². The van der Waals surface area contributed by atoms with Crippen LogP contribution in [0.25, 0.3) is 11.1 Å². The number of rotatable bonds is 9. The van der Waals surface area contributed by atoms with E-state index in [2.05, 4.69) is 26.6 Å². The summed E-state index contributed by atoms with van der Waals surface area (Å²) in [6.07, 6.45) is 1.21. The first-order valence-corrected chi connectivity index (χ1v) is 13.6. The number of hydrogen-bond donors (Lipinski definition) is 2. The molecule has 0 unspecified atom stereocenters. The molecule has 0 radical (unpaired) electrons. The highest BCUT2D eigenvalue weighted by Gasteiger charge is 2.16. The zero-order valence-corrected chi connectivity index (χ0v) is 23.9. The topological polar surface area (TPSA) is 85.0 Å². The molecule has 4 rings (SSSR count). The Kier molecular flexibility index (Phi) is 9.91. The minimum Gasteiger partial charge on any atom is -0.456 e. The summed E-state index contributed by atoms with van der Waals surface area (Å²) in [6, 6.07) is 15.3. The van der Waals surface area contributed by atoms with Crippen LogP contribution in [-0.2, 0) is 16.0 Å². The second-order valence-electron chi connectivity index (χ2n) is 10.2. The van der Waals surface area contributed by atoms with Gasteiger partial charge in [-0.3, -0.25) is 4.90 Å². The number of benzene rings is 2. The van der Waals surface area contributed by atoms with Crippen LogP contribution < -0.4 is 15.4 Å². The van der Waals surface area contributed by atoms with Gasteiger partial charge in [-0.1, -0.05) is 23.2 Å². The Labute approximate surface area is 239 Å². The lowest BCUT2D eigenvalue weighted by Gasteiger charge is -2.27. The van der Waals surface area contributed by atoms with Gasteiger partial charge in [0.15, 0.2) is 0 Å². The summed E-state index contributed by atoms with van der Waals surface area (Å²) in [4.78, 5) is 18.5. The molecule has 2 N–H and O–H groups in total. The number of aromatic nitrogens is 1. The second kappa shape index (κ2) is 13.3. The minimum atomic E-state index is -0.529. The smallest absolute Gasteiger partial charge is 0.407 e. The maximum absolute atomic E-state index is 11.8. The van der Waals surface area contributed by atoms with Crippen molar-refractivity contribution in [2.24, 2.45) is 0 Å². The number of anilines is 1. The van der Waals surface area contributed by atoms with Gasteiger partial charge < -0.3 is 24.8 Å². The Bertz CT molecular complexity index is 1240. The van der Waals surface area contributed by atoms with Crippen molar-refractivity contribution in [2.75, 3.05) is 44.7 Å². The first-order chi connectivity index (χ1) is 18.6. The molecule has 3 aromatic rings. The van der Waals surface area contributed by atoms with Crippen molar-refractivity contribution in [2.45, 2.75) is 32.9 Å². The van der Waals surface area contributed by atoms with Gasteiger partial charge in [-0.05, 0) is 86.0 Å². The summed E-state index contributed by atoms with van der Waals surface area (Å²) in [5.74, 6) is 1.96. The van der Waals surface area contributed by atoms with Crippen molar-refractivity contribution in [1.29, 1.82) is 0 Å². The monoisotopic (exact) mass is 572 g/mol. The summed E-state index contributed by atoms with van der Waals surface area (Å²) in [5, 5.41) is 7.03. The van der Waals surface area contributed by atoms with E-state index in [0.29, 0.717) is 40.5 Å². The van der Waals surface area contributed by atoms with Crippen LogP contribution in [0.2, 0.25) is 10.0 Å². The Hall–Kier alpha value is -3.04. The van der Waals surface area contributed by atoms with Gasteiger partial charge in [0.05, 0.1) is 19.4 Å². The van der Waals surface area contributed by atoms with Crippen LogP contribution in [0.15, 0.2) is 54.7 Å². The van der Waals surface area contributed by atoms with E-state index in [-0.39, 0.29) is 0 Å². The fourth-order valence-electron chi connectivity index (χ4n) is 4.07. The third kappa shape index (κ3) is 9.58. The molecular formula is C29H34Cl2N4O4. The molecule has 208 valence electrons. The molecule has 1 aliphatic rings. The Morgan fingerprint density at radius 3 is 2.36 bits per heavy atom. The van der Waals surface area contributed by atoms with Crippen molar-refractivity contribution < 1.29 is 19.0 Å². The van der Waals surface area contributed by atoms with Crippen LogP contribution >= 0.6 is 23.2 Å². The van der Waals surface area contributed by atoms with Gasteiger partial charge in [-0.25, -0.2) is 9.78 Å². The molecule has 0 saturated carbocycles. The summed E-state index contributed by atoms with van der Waals surface area (Å²) in [7, 11) is 0. The first-order valence-electron chi connectivity index (χ1n) is 12.9. The van der Waals surface area contributed by atoms with Crippen LogP contribution in [0.4, 0.5) is 10.6 Å². The zero-order chi connectivity index (χ0) is 27.8. The van der Waals surface area contributed by atoms with E-state index in [1.165, 1.54) is 0 Å². The molecule has 2 heterocycles. The molecule has 39 heavy (non-hydrogen) atoms. The lowest BCUT2D eigenvalue weighted by Crippen LogP contribution is -2.35. The number of pyridine rings is 1. The number of carbonyl (C=O) groups excluding carboxylic acids is 1. The van der Waals surface area contributed by atoms with Gasteiger partial charge in [-0.15, -0.1) is 0 Å². The average Bonchev–Trinajstić information content (AvgIpc) is 2.86. The molecule has 1 aromatic heterocycles. The number of morpholine rings is 1. The molecular weight excluding hydrogens is 539 g/mol. The molecule has 0 atom stereocenters. The van der Waals surface area contributed by atoms with Crippen molar-refractivity contribution in [3.05, 3.63) is 70.3 Å². The Balaban J connectivity index is 1.42. The van der Waals surface area contributed by atoms with Crippen LogP contribution in [0.5, 0.6) is 11.5 Å². The molecule has 0 bridgehead atoms. The molecule has 10 heteroatoms. The third-order valence-corrected chi connectivity index (χ3v) is 6.18. The van der Waals surface area contributed by atoms with Crippen molar-refractivity contribution >= 4 is 35.1 Å². The zero-order valence-electron chi connectivity index (χ0n) is 22.4. The third-order valence-electron chi connectivity index (χ3n) is 5.74. The SMILES string of the molecule is CC(C)(C)OC(=O)NCCNc1ccc(Oc2cc(CN3CCOCC3)cc(-c3cc(Cl)cc(Cl)c3)c2)cn1. The van der Waals surface area contributed by atoms with E-state index < -0.39 is 11.7 Å². The van der Waals surface area contributed by atoms with Gasteiger partial charge in [0.25, 0.3) is 0 Å². The lowest BCUT2D eigenvalue weighted by atomic mass is 10.0. The standard InChI is InChI=1S/C29H34Cl2N4O4/c1-29(2,3)39-28(36)33-7-6-32-27-5-4-25(18-34-27)38-26-13-20(19-35-8-10-37-11-9-35)12-21(16-26)22-14-23(30)17-24(31)15-22/h4-5,12-18H,6-11,19H2,1-3H3,(H,32,34)(H,33,36). The minimum absolute atomic E-state index is 0.404. The first kappa shape index (κ1) is 29.0. The number of hydrogen-bond acceptors (Lipinski definition) is 7. The number of carbonyl (C=O) groups is 1. The van der Waals surface area contributed by atoms with E-state index in [9.17, 15) is 4.79 Å². The van der Waals surface area contributed by atoms with Crippen LogP contribution in [0.3, 0.4) is 0 Å². The Morgan fingerprint density at radius 2 is 1.69 bits per heavy atom. The average molecular weight is 574 g/mol. The molecule has 1 fully saturated rings. The maximum atomic E-state index is 11.8. The van der Waals surface area contributed by atoms with Gasteiger partial charge in [0, 0.05) is 42.8 Å². The highest BCUT2D eigenvalue weighted by atomic mass is 35.5. The number of ether oxygens (including phenoxy) is 3. The predicted octanol–water partition coefficient (Wildman–Crippen LogP) is 6.62. The quantitative estimate of drug-likeness (QED) is 0.279. The summed E-state index contributed by atoms with van der Waals surface area (Å²) in [6.45, 7) is 10.4. The molecule has 8 nitrogen and oxygen atoms in total. The maximum Gasteiger partial charge on any atom is 0.407 e. The fourth-order valence-corrected chi connectivity index (χ4v) is 4.59. The van der Waals surface area contributed by atoms with Crippen molar-refractivity contribution in [3.8, 4) is 22.6 Å². The largest absolute Gasteiger partial charge is 0.456 e. The number of alkyl carbamates (subject to hydrolysis) is 1. The summed E-state index contributed by atoms with van der Waals surface area (Å²) < 4.78 is 16.9. The van der Waals surface area contributed by atoms with E-state index in [0.717, 1.165) is 49.5 Å². The lowest BCUT2D eigenvalue weighted by molar-refractivity contribution is 0.0342. The number of halogens is 2. The van der Waals surface area contributed by atoms with E-state index in [1.54, 1.807) is 12.3 Å². The molecule has 1 aliphatic heterocycles. The Morgan fingerprint density at radius 1 is 0.974 bits per heavy atom. The second-order valence-corrected chi connectivity index (χ2v) is 11.1. The van der Waals surface area contributed by atoms with Crippen LogP contribution in [0.1, 0.15) is 26.3 Å². The molecule has 0 spiro atoms. The van der Waals surface area contributed by atoms with Gasteiger partial charge in [0.1, 0.15) is 22.9 Å². The van der Waals surface area contributed by atoms with Crippen LogP contribution in [0, 0.1) is 0 Å². The van der Waals surface area contributed by atoms with E-state index >= 15 is 0 Å². The fraction of sp³-hybridized carbons (Fsp3) is 0.379. The van der Waals surface area contributed by atoms with Crippen LogP contribution in [-0.4, -0.2) is 61.0 Å². The van der Waals surface area contributed by atoms with Crippen molar-refractivity contribution in [1.82, 2.24) is 15.2 Å².